The smallest absolute Gasteiger partial charge is 0.288 e. The summed E-state index contributed by atoms with van der Waals surface area (Å²) in [5.74, 6) is -0.313. The van der Waals surface area contributed by atoms with E-state index in [1.54, 1.807) is 18.2 Å². The van der Waals surface area contributed by atoms with Gasteiger partial charge in [-0.1, -0.05) is 36.4 Å². The summed E-state index contributed by atoms with van der Waals surface area (Å²) >= 11 is 7.20. The predicted octanol–water partition coefficient (Wildman–Crippen LogP) is 6.47. The minimum atomic E-state index is -4.41. The van der Waals surface area contributed by atoms with E-state index in [-0.39, 0.29) is 11.4 Å². The van der Waals surface area contributed by atoms with Gasteiger partial charge in [0.2, 0.25) is 5.78 Å². The van der Waals surface area contributed by atoms with Gasteiger partial charge in [-0.05, 0) is 41.3 Å². The number of hydrogen-bond acceptors (Lipinski definition) is 2. The summed E-state index contributed by atoms with van der Waals surface area (Å²) in [5.41, 5.74) is -0.243. The Morgan fingerprint density at radius 2 is 1.71 bits per heavy atom. The van der Waals surface area contributed by atoms with Crippen molar-refractivity contribution >= 4 is 44.4 Å². The molecular formula is C18H10ClF3OS. The molecule has 0 N–H and O–H groups in total. The third-order valence-electron chi connectivity index (χ3n) is 3.54. The Bertz CT molecular complexity index is 939. The fourth-order valence-corrected chi connectivity index (χ4v) is 3.56. The van der Waals surface area contributed by atoms with Crippen molar-refractivity contribution in [3.05, 3.63) is 76.1 Å². The molecule has 1 aromatic heterocycles. The zero-order valence-electron chi connectivity index (χ0n) is 12.2. The Labute approximate surface area is 145 Å². The summed E-state index contributed by atoms with van der Waals surface area (Å²) in [6, 6.07) is 11.4. The van der Waals surface area contributed by atoms with Gasteiger partial charge in [0.25, 0.3) is 0 Å². The maximum Gasteiger partial charge on any atom is 0.416 e. The highest BCUT2D eigenvalue weighted by molar-refractivity contribution is 7.21. The maximum atomic E-state index is 12.6. The molecule has 122 valence electrons. The molecule has 3 rings (SSSR count). The van der Waals surface area contributed by atoms with Crippen LogP contribution in [0.2, 0.25) is 5.02 Å². The van der Waals surface area contributed by atoms with Gasteiger partial charge in [-0.3, -0.25) is 4.79 Å². The molecule has 0 aliphatic carbocycles. The summed E-state index contributed by atoms with van der Waals surface area (Å²) in [5, 5.41) is 1.46. The predicted molar refractivity (Wildman–Crippen MR) is 91.6 cm³/mol. The second-order valence-electron chi connectivity index (χ2n) is 5.18. The molecule has 1 nitrogen and oxygen atoms in total. The van der Waals surface area contributed by atoms with Gasteiger partial charge in [0.15, 0.2) is 0 Å². The van der Waals surface area contributed by atoms with Gasteiger partial charge >= 0.3 is 6.18 Å². The van der Waals surface area contributed by atoms with Crippen LogP contribution in [0.1, 0.15) is 20.8 Å². The molecule has 0 bridgehead atoms. The molecule has 0 fully saturated rings. The Balaban J connectivity index is 1.89. The van der Waals surface area contributed by atoms with E-state index in [4.69, 9.17) is 11.6 Å². The monoisotopic (exact) mass is 366 g/mol. The van der Waals surface area contributed by atoms with E-state index in [1.165, 1.54) is 23.5 Å². The number of halogens is 4. The van der Waals surface area contributed by atoms with E-state index < -0.39 is 11.7 Å². The van der Waals surface area contributed by atoms with Crippen molar-refractivity contribution in [3.63, 3.8) is 0 Å². The number of alkyl halides is 3. The van der Waals surface area contributed by atoms with E-state index in [2.05, 4.69) is 6.58 Å². The third-order valence-corrected chi connectivity index (χ3v) is 4.87. The van der Waals surface area contributed by atoms with Crippen LogP contribution in [-0.4, -0.2) is 5.78 Å². The van der Waals surface area contributed by atoms with Crippen LogP contribution in [0.5, 0.6) is 0 Å². The van der Waals surface area contributed by atoms with Gasteiger partial charge in [-0.25, -0.2) is 0 Å². The first-order chi connectivity index (χ1) is 11.3. The van der Waals surface area contributed by atoms with Crippen LogP contribution >= 0.6 is 22.9 Å². The van der Waals surface area contributed by atoms with Crippen LogP contribution in [0.25, 0.3) is 15.7 Å². The Hall–Kier alpha value is -2.11. The van der Waals surface area contributed by atoms with E-state index in [0.717, 1.165) is 22.2 Å². The molecule has 0 radical (unpaired) electrons. The van der Waals surface area contributed by atoms with E-state index in [0.29, 0.717) is 15.5 Å². The Morgan fingerprint density at radius 1 is 1.04 bits per heavy atom. The van der Waals surface area contributed by atoms with Gasteiger partial charge in [0.1, 0.15) is 0 Å². The van der Waals surface area contributed by atoms with Crippen molar-refractivity contribution in [2.45, 2.75) is 6.18 Å². The van der Waals surface area contributed by atoms with Crippen molar-refractivity contribution in [2.75, 3.05) is 0 Å². The number of benzene rings is 2. The minimum absolute atomic E-state index is 0.154. The lowest BCUT2D eigenvalue weighted by Crippen LogP contribution is -2.05. The second-order valence-corrected chi connectivity index (χ2v) is 6.70. The van der Waals surface area contributed by atoms with Gasteiger partial charge in [0.05, 0.1) is 10.4 Å². The molecule has 0 saturated carbocycles. The fraction of sp³-hybridized carbons (Fsp3) is 0.0556. The zero-order valence-corrected chi connectivity index (χ0v) is 13.7. The lowest BCUT2D eigenvalue weighted by atomic mass is 10.0. The number of thiophene rings is 1. The quantitative estimate of drug-likeness (QED) is 0.383. The second kappa shape index (κ2) is 6.07. The number of rotatable bonds is 3. The lowest BCUT2D eigenvalue weighted by Gasteiger charge is -2.08. The average molecular weight is 367 g/mol. The number of fused-ring (bicyclic) bond motifs is 1. The molecule has 0 unspecified atom stereocenters. The SMILES string of the molecule is C=C(C(=O)c1cc2ccc(Cl)cc2s1)c1ccc(C(F)(F)F)cc1. The number of carbonyl (C=O) groups is 1. The van der Waals surface area contributed by atoms with Crippen LogP contribution in [-0.2, 0) is 6.18 Å². The van der Waals surface area contributed by atoms with Crippen molar-refractivity contribution < 1.29 is 18.0 Å². The van der Waals surface area contributed by atoms with Crippen molar-refractivity contribution in [1.82, 2.24) is 0 Å². The number of Topliss-reactive ketones (excluding diaryl/α,β-unsaturated/α-hetero) is 1. The van der Waals surface area contributed by atoms with Crippen LogP contribution in [0.15, 0.2) is 55.1 Å². The van der Waals surface area contributed by atoms with Gasteiger partial charge in [-0.15, -0.1) is 11.3 Å². The molecule has 0 aliphatic rings. The average Bonchev–Trinajstić information content (AvgIpc) is 2.95. The maximum absolute atomic E-state index is 12.6. The van der Waals surface area contributed by atoms with Crippen LogP contribution in [0.4, 0.5) is 13.2 Å². The molecule has 0 saturated heterocycles. The first-order valence-corrected chi connectivity index (χ1v) is 8.05. The molecular weight excluding hydrogens is 357 g/mol. The zero-order chi connectivity index (χ0) is 17.5. The first kappa shape index (κ1) is 16.7. The molecule has 0 atom stereocenters. The molecule has 3 aromatic rings. The van der Waals surface area contributed by atoms with Gasteiger partial charge in [0, 0.05) is 15.3 Å². The molecule has 2 aromatic carbocycles. The number of ketones is 1. The summed E-state index contributed by atoms with van der Waals surface area (Å²) in [6.07, 6.45) is -4.41. The molecule has 6 heteroatoms. The molecule has 0 amide bonds. The summed E-state index contributed by atoms with van der Waals surface area (Å²) in [4.78, 5) is 13.0. The molecule has 0 aliphatic heterocycles. The first-order valence-electron chi connectivity index (χ1n) is 6.86. The van der Waals surface area contributed by atoms with Gasteiger partial charge in [-0.2, -0.15) is 13.2 Å². The number of hydrogen-bond donors (Lipinski definition) is 0. The van der Waals surface area contributed by atoms with E-state index in [1.807, 2.05) is 6.07 Å². The highest BCUT2D eigenvalue weighted by atomic mass is 35.5. The van der Waals surface area contributed by atoms with Gasteiger partial charge < -0.3 is 0 Å². The largest absolute Gasteiger partial charge is 0.416 e. The lowest BCUT2D eigenvalue weighted by molar-refractivity contribution is -0.137. The Morgan fingerprint density at radius 3 is 2.33 bits per heavy atom. The topological polar surface area (TPSA) is 17.1 Å². The van der Waals surface area contributed by atoms with Crippen molar-refractivity contribution in [2.24, 2.45) is 0 Å². The molecule has 0 spiro atoms. The fourth-order valence-electron chi connectivity index (χ4n) is 2.26. The normalized spacial score (nSPS) is 11.7. The number of allylic oxidation sites excluding steroid dienone is 1. The molecule has 1 heterocycles. The highest BCUT2D eigenvalue weighted by Crippen LogP contribution is 2.33. The Kier molecular flexibility index (Phi) is 4.24. The van der Waals surface area contributed by atoms with Crippen LogP contribution < -0.4 is 0 Å². The van der Waals surface area contributed by atoms with Crippen LogP contribution in [0.3, 0.4) is 0 Å². The highest BCUT2D eigenvalue weighted by Gasteiger charge is 2.30. The summed E-state index contributed by atoms with van der Waals surface area (Å²) in [6.45, 7) is 3.73. The number of carbonyl (C=O) groups excluding carboxylic acids is 1. The van der Waals surface area contributed by atoms with E-state index >= 15 is 0 Å². The van der Waals surface area contributed by atoms with E-state index in [9.17, 15) is 18.0 Å². The van der Waals surface area contributed by atoms with Crippen LogP contribution in [0, 0.1) is 0 Å². The summed E-state index contributed by atoms with van der Waals surface area (Å²) in [7, 11) is 0. The van der Waals surface area contributed by atoms with Crippen molar-refractivity contribution in [3.8, 4) is 0 Å². The minimum Gasteiger partial charge on any atom is -0.288 e. The van der Waals surface area contributed by atoms with Crippen molar-refractivity contribution in [1.29, 1.82) is 0 Å². The molecule has 24 heavy (non-hydrogen) atoms. The third kappa shape index (κ3) is 3.23. The standard InChI is InChI=1S/C18H10ClF3OS/c1-10(11-2-5-13(6-3-11)18(20,21)22)17(23)16-8-12-4-7-14(19)9-15(12)24-16/h2-9H,1H2. The summed E-state index contributed by atoms with van der Waals surface area (Å²) < 4.78 is 38.7.